The van der Waals surface area contributed by atoms with Crippen LogP contribution in [0.4, 0.5) is 4.39 Å². The maximum Gasteiger partial charge on any atom is 0.336 e. The number of hydrogen-bond acceptors (Lipinski definition) is 2. The Hall–Kier alpha value is -3.93. The van der Waals surface area contributed by atoms with Crippen molar-refractivity contribution in [2.24, 2.45) is 7.05 Å². The molecule has 0 aliphatic rings. The number of aromatic nitrogens is 3. The molecule has 160 valence electrons. The molecule has 5 aromatic rings. The van der Waals surface area contributed by atoms with E-state index in [0.29, 0.717) is 16.7 Å². The highest BCUT2D eigenvalue weighted by atomic mass is 19.1. The maximum atomic E-state index is 13.8. The monoisotopic (exact) mass is 427 g/mol. The summed E-state index contributed by atoms with van der Waals surface area (Å²) in [6.07, 6.45) is 0. The van der Waals surface area contributed by atoms with Crippen LogP contribution in [-0.2, 0) is 13.6 Å². The van der Waals surface area contributed by atoms with E-state index < -0.39 is 5.69 Å². The van der Waals surface area contributed by atoms with E-state index in [1.165, 1.54) is 16.7 Å². The fourth-order valence-electron chi connectivity index (χ4n) is 4.38. The number of halogens is 1. The number of nitrogens with zero attached hydrogens (tertiary/aromatic N) is 3. The summed E-state index contributed by atoms with van der Waals surface area (Å²) >= 11 is 0. The normalized spacial score (nSPS) is 11.5. The molecule has 0 amide bonds. The average Bonchev–Trinajstić information content (AvgIpc) is 3.04. The average molecular weight is 427 g/mol. The third kappa shape index (κ3) is 3.07. The topological polar surface area (TPSA) is 48.9 Å². The summed E-state index contributed by atoms with van der Waals surface area (Å²) in [4.78, 5) is 27.4. The number of hydrogen-bond donors (Lipinski definition) is 0. The minimum Gasteiger partial charge on any atom is -0.338 e. The van der Waals surface area contributed by atoms with Crippen LogP contribution in [0.1, 0.15) is 16.7 Å². The van der Waals surface area contributed by atoms with Gasteiger partial charge in [0.1, 0.15) is 11.3 Å². The molecule has 2 aromatic heterocycles. The van der Waals surface area contributed by atoms with E-state index in [-0.39, 0.29) is 17.9 Å². The van der Waals surface area contributed by atoms with Crippen molar-refractivity contribution >= 4 is 21.9 Å². The van der Waals surface area contributed by atoms with Crippen LogP contribution >= 0.6 is 0 Å². The molecule has 0 aliphatic carbocycles. The van der Waals surface area contributed by atoms with Crippen molar-refractivity contribution < 1.29 is 4.39 Å². The van der Waals surface area contributed by atoms with Crippen molar-refractivity contribution in [3.8, 4) is 5.69 Å². The van der Waals surface area contributed by atoms with Gasteiger partial charge in [-0.05, 0) is 61.4 Å². The largest absolute Gasteiger partial charge is 0.338 e. The highest BCUT2D eigenvalue weighted by Crippen LogP contribution is 2.27. The number of fused-ring (bicyclic) bond motifs is 3. The van der Waals surface area contributed by atoms with Crippen molar-refractivity contribution in [2.45, 2.75) is 20.4 Å². The lowest BCUT2D eigenvalue weighted by Gasteiger charge is -2.14. The van der Waals surface area contributed by atoms with Crippen LogP contribution in [0.2, 0.25) is 0 Å². The molecule has 2 heterocycles. The fraction of sp³-hybridized carbons (Fsp3) is 0.154. The Labute approximate surface area is 183 Å². The molecule has 32 heavy (non-hydrogen) atoms. The van der Waals surface area contributed by atoms with Crippen molar-refractivity contribution in [1.82, 2.24) is 13.7 Å². The molecule has 0 unspecified atom stereocenters. The molecule has 0 spiro atoms. The molecular weight excluding hydrogens is 405 g/mol. The van der Waals surface area contributed by atoms with Gasteiger partial charge in [0, 0.05) is 12.4 Å². The quantitative estimate of drug-likeness (QED) is 0.427. The van der Waals surface area contributed by atoms with E-state index in [1.807, 2.05) is 61.9 Å². The first kappa shape index (κ1) is 20.0. The van der Waals surface area contributed by atoms with Gasteiger partial charge in [0.2, 0.25) is 0 Å². The lowest BCUT2D eigenvalue weighted by Crippen LogP contribution is -2.39. The Morgan fingerprint density at radius 3 is 2.28 bits per heavy atom. The van der Waals surface area contributed by atoms with Gasteiger partial charge < -0.3 is 4.57 Å². The second kappa shape index (κ2) is 7.34. The lowest BCUT2D eigenvalue weighted by atomic mass is 10.1. The predicted molar refractivity (Wildman–Crippen MR) is 125 cm³/mol. The van der Waals surface area contributed by atoms with Gasteiger partial charge in [-0.15, -0.1) is 0 Å². The summed E-state index contributed by atoms with van der Waals surface area (Å²) in [6.45, 7) is 4.12. The van der Waals surface area contributed by atoms with Crippen LogP contribution in [-0.4, -0.2) is 13.7 Å². The summed E-state index contributed by atoms with van der Waals surface area (Å²) in [5.41, 5.74) is 4.42. The summed E-state index contributed by atoms with van der Waals surface area (Å²) in [7, 11) is 1.84. The SMILES string of the molecule is Cc1cccc(-n2c(=O)c3c(c4cc(C)ccc4n3C)n(Cc3ccc(F)cc3)c2=O)c1. The van der Waals surface area contributed by atoms with Crippen molar-refractivity contribution in [1.29, 1.82) is 0 Å². The maximum absolute atomic E-state index is 13.8. The second-order valence-corrected chi connectivity index (χ2v) is 8.25. The Morgan fingerprint density at radius 1 is 0.844 bits per heavy atom. The molecule has 0 radical (unpaired) electrons. The van der Waals surface area contributed by atoms with E-state index in [9.17, 15) is 14.0 Å². The zero-order valence-corrected chi connectivity index (χ0v) is 18.1. The van der Waals surface area contributed by atoms with Gasteiger partial charge in [-0.1, -0.05) is 35.9 Å². The first-order chi connectivity index (χ1) is 15.3. The fourth-order valence-corrected chi connectivity index (χ4v) is 4.38. The minimum atomic E-state index is -0.425. The van der Waals surface area contributed by atoms with E-state index >= 15 is 0 Å². The zero-order valence-electron chi connectivity index (χ0n) is 18.1. The number of aryl methyl sites for hydroxylation is 3. The van der Waals surface area contributed by atoms with Crippen LogP contribution in [0.15, 0.2) is 76.3 Å². The third-order valence-corrected chi connectivity index (χ3v) is 5.94. The molecule has 0 saturated heterocycles. The van der Waals surface area contributed by atoms with E-state index in [0.717, 1.165) is 27.6 Å². The van der Waals surface area contributed by atoms with Gasteiger partial charge >= 0.3 is 5.69 Å². The smallest absolute Gasteiger partial charge is 0.336 e. The van der Waals surface area contributed by atoms with Crippen LogP contribution < -0.4 is 11.2 Å². The third-order valence-electron chi connectivity index (χ3n) is 5.94. The van der Waals surface area contributed by atoms with Crippen LogP contribution in [0.3, 0.4) is 0 Å². The van der Waals surface area contributed by atoms with Gasteiger partial charge in [-0.3, -0.25) is 9.36 Å². The predicted octanol–water partition coefficient (Wildman–Crippen LogP) is 4.45. The molecule has 0 saturated carbocycles. The molecule has 0 fully saturated rings. The molecule has 6 heteroatoms. The number of benzene rings is 3. The Kier molecular flexibility index (Phi) is 4.59. The number of rotatable bonds is 3. The van der Waals surface area contributed by atoms with Crippen molar-refractivity contribution in [2.75, 3.05) is 0 Å². The molecule has 0 aliphatic heterocycles. The Balaban J connectivity index is 1.94. The summed E-state index contributed by atoms with van der Waals surface area (Å²) in [5, 5.41) is 0.843. The molecule has 0 N–H and O–H groups in total. The lowest BCUT2D eigenvalue weighted by molar-refractivity contribution is 0.625. The molecule has 0 bridgehead atoms. The molecule has 5 nitrogen and oxygen atoms in total. The summed E-state index contributed by atoms with van der Waals surface area (Å²) in [5.74, 6) is -0.336. The zero-order chi connectivity index (χ0) is 22.6. The van der Waals surface area contributed by atoms with Crippen molar-refractivity contribution in [3.05, 3.63) is 110 Å². The van der Waals surface area contributed by atoms with Crippen molar-refractivity contribution in [3.63, 3.8) is 0 Å². The van der Waals surface area contributed by atoms with Gasteiger partial charge in [0.15, 0.2) is 0 Å². The van der Waals surface area contributed by atoms with E-state index in [4.69, 9.17) is 0 Å². The molecule has 0 atom stereocenters. The summed E-state index contributed by atoms with van der Waals surface area (Å²) in [6, 6.07) is 19.4. The highest BCUT2D eigenvalue weighted by molar-refractivity contribution is 6.06. The van der Waals surface area contributed by atoms with Gasteiger partial charge in [-0.25, -0.2) is 13.8 Å². The molecular formula is C26H22FN3O2. The first-order valence-corrected chi connectivity index (χ1v) is 10.4. The summed E-state index contributed by atoms with van der Waals surface area (Å²) < 4.78 is 18.2. The van der Waals surface area contributed by atoms with E-state index in [1.54, 1.807) is 22.8 Å². The van der Waals surface area contributed by atoms with Crippen LogP contribution in [0, 0.1) is 19.7 Å². The highest BCUT2D eigenvalue weighted by Gasteiger charge is 2.21. The standard InChI is InChI=1S/C26H22FN3O2/c1-16-5-4-6-20(13-16)30-25(31)24-23(21-14-17(2)7-12-22(21)28(24)3)29(26(30)32)15-18-8-10-19(27)11-9-18/h4-14H,15H2,1-3H3. The van der Waals surface area contributed by atoms with Crippen LogP contribution in [0.5, 0.6) is 0 Å². The van der Waals surface area contributed by atoms with E-state index in [2.05, 4.69) is 0 Å². The van der Waals surface area contributed by atoms with Gasteiger partial charge in [-0.2, -0.15) is 0 Å². The Bertz CT molecular complexity index is 1620. The molecule has 3 aromatic carbocycles. The Morgan fingerprint density at radius 2 is 1.56 bits per heavy atom. The van der Waals surface area contributed by atoms with Crippen LogP contribution in [0.25, 0.3) is 27.6 Å². The first-order valence-electron chi connectivity index (χ1n) is 10.4. The van der Waals surface area contributed by atoms with Gasteiger partial charge in [0.25, 0.3) is 5.56 Å². The van der Waals surface area contributed by atoms with Gasteiger partial charge in [0.05, 0.1) is 23.3 Å². The minimum absolute atomic E-state index is 0.217. The molecule has 5 rings (SSSR count). The second-order valence-electron chi connectivity index (χ2n) is 8.25.